The second-order valence-electron chi connectivity index (χ2n) is 11.6. The molecule has 0 saturated carbocycles. The van der Waals surface area contributed by atoms with Crippen LogP contribution in [0.2, 0.25) is 0 Å². The van der Waals surface area contributed by atoms with Crippen molar-refractivity contribution in [1.29, 1.82) is 0 Å². The van der Waals surface area contributed by atoms with Crippen molar-refractivity contribution in [2.45, 2.75) is 143 Å². The predicted molar refractivity (Wildman–Crippen MR) is 184 cm³/mol. The normalized spacial score (nSPS) is 12.0. The zero-order chi connectivity index (χ0) is 36.1. The van der Waals surface area contributed by atoms with Crippen LogP contribution in [0, 0.1) is 0 Å². The first-order chi connectivity index (χ1) is 23.1. The quantitative estimate of drug-likeness (QED) is 0.0353. The third kappa shape index (κ3) is 42.0. The van der Waals surface area contributed by atoms with Crippen LogP contribution in [0.1, 0.15) is 130 Å². The van der Waals surface area contributed by atoms with Gasteiger partial charge in [-0.05, 0) is 25.7 Å². The lowest BCUT2D eigenvalue weighted by molar-refractivity contribution is -0.160. The van der Waals surface area contributed by atoms with E-state index in [9.17, 15) is 19.2 Å². The van der Waals surface area contributed by atoms with Crippen LogP contribution in [0.4, 0.5) is 0 Å². The van der Waals surface area contributed by atoms with Gasteiger partial charge in [0, 0.05) is 54.1 Å². The van der Waals surface area contributed by atoms with Gasteiger partial charge in [0.25, 0.3) is 0 Å². The highest BCUT2D eigenvalue weighted by Crippen LogP contribution is 2.10. The van der Waals surface area contributed by atoms with Crippen molar-refractivity contribution >= 4 is 35.5 Å². The molecule has 0 fully saturated rings. The van der Waals surface area contributed by atoms with Crippen molar-refractivity contribution in [3.05, 3.63) is 0 Å². The van der Waals surface area contributed by atoms with Gasteiger partial charge in [-0.15, -0.1) is 0 Å². The van der Waals surface area contributed by atoms with Crippen LogP contribution in [-0.4, -0.2) is 100 Å². The van der Waals surface area contributed by atoms with Crippen LogP contribution < -0.4 is 0 Å². The molecule has 0 spiro atoms. The van der Waals surface area contributed by atoms with Crippen LogP contribution in [0.15, 0.2) is 0 Å². The van der Waals surface area contributed by atoms with E-state index in [0.717, 1.165) is 51.6 Å². The minimum Gasteiger partial charge on any atom is -0.462 e. The summed E-state index contributed by atoms with van der Waals surface area (Å²) in [5.41, 5.74) is 0. The topological polar surface area (TPSA) is 153 Å². The van der Waals surface area contributed by atoms with E-state index in [1.165, 1.54) is 85.5 Å². The monoisotopic (exact) mass is 712 g/mol. The Bertz CT molecular complexity index is 768. The molecule has 0 aliphatic heterocycles. The number of ether oxygens (including phenoxy) is 7. The lowest BCUT2D eigenvalue weighted by atomic mass is 10.1. The Balaban J connectivity index is 0. The Morgan fingerprint density at radius 2 is 0.771 bits per heavy atom. The van der Waals surface area contributed by atoms with Crippen molar-refractivity contribution in [1.82, 2.24) is 0 Å². The summed E-state index contributed by atoms with van der Waals surface area (Å²) in [7, 11) is 0. The van der Waals surface area contributed by atoms with E-state index in [-0.39, 0.29) is 32.5 Å². The molecule has 12 nitrogen and oxygen atoms in total. The van der Waals surface area contributed by atoms with Gasteiger partial charge in [-0.3, -0.25) is 19.2 Å². The van der Waals surface area contributed by atoms with Crippen molar-refractivity contribution in [3.8, 4) is 0 Å². The highest BCUT2D eigenvalue weighted by atomic mass is 35.5. The van der Waals surface area contributed by atoms with Crippen LogP contribution >= 0.6 is 11.6 Å². The number of hydrogen-bond donors (Lipinski definition) is 1. The first-order valence-corrected chi connectivity index (χ1v) is 18.2. The van der Waals surface area contributed by atoms with Gasteiger partial charge in [0.1, 0.15) is 19.3 Å². The number of carbonyl (C=O) groups excluding carboxylic acids is 4. The zero-order valence-corrected chi connectivity index (χ0v) is 30.9. The Morgan fingerprint density at radius 3 is 1.06 bits per heavy atom. The van der Waals surface area contributed by atoms with Gasteiger partial charge in [-0.25, -0.2) is 0 Å². The van der Waals surface area contributed by atoms with Gasteiger partial charge in [0.2, 0.25) is 0 Å². The standard InChI is InChI=1S/C18H33ClO6.C17H32O6/c1-16(20)24-14-18(25-17(2)21)13-22-11-9-7-5-3-4-6-8-10-12-23-15-19;1-15(19)22-14-17(23-16(2)20)13-21-12-10-8-6-4-3-5-7-9-11-18/h18H,3-15H2,1-2H3;17-18H,3-14H2,1-2H3. The zero-order valence-electron chi connectivity index (χ0n) is 30.1. The molecule has 0 saturated heterocycles. The Morgan fingerprint density at radius 1 is 0.458 bits per heavy atom. The molecule has 0 aliphatic carbocycles. The van der Waals surface area contributed by atoms with Crippen molar-refractivity contribution < 1.29 is 57.4 Å². The highest BCUT2D eigenvalue weighted by Gasteiger charge is 2.15. The summed E-state index contributed by atoms with van der Waals surface area (Å²) < 4.78 is 35.9. The fraction of sp³-hybridized carbons (Fsp3) is 0.886. The van der Waals surface area contributed by atoms with E-state index in [1.54, 1.807) is 0 Å². The molecule has 1 N–H and O–H groups in total. The first kappa shape index (κ1) is 48.1. The number of aliphatic hydroxyl groups is 1. The van der Waals surface area contributed by atoms with E-state index in [1.807, 2.05) is 0 Å². The molecule has 2 atom stereocenters. The van der Waals surface area contributed by atoms with Crippen molar-refractivity contribution in [2.75, 3.05) is 58.9 Å². The van der Waals surface area contributed by atoms with E-state index in [0.29, 0.717) is 19.8 Å². The molecule has 0 aromatic heterocycles. The molecule has 48 heavy (non-hydrogen) atoms. The molecule has 13 heteroatoms. The molecule has 0 bridgehead atoms. The molecule has 284 valence electrons. The largest absolute Gasteiger partial charge is 0.462 e. The van der Waals surface area contributed by atoms with Crippen molar-refractivity contribution in [2.24, 2.45) is 0 Å². The minimum atomic E-state index is -0.539. The summed E-state index contributed by atoms with van der Waals surface area (Å²) in [6.45, 7) is 8.12. The molecule has 0 amide bonds. The van der Waals surface area contributed by atoms with Gasteiger partial charge < -0.3 is 38.3 Å². The fourth-order valence-corrected chi connectivity index (χ4v) is 4.56. The van der Waals surface area contributed by atoms with Crippen LogP contribution in [-0.2, 0) is 52.3 Å². The average molecular weight is 713 g/mol. The Hall–Kier alpha value is -1.99. The van der Waals surface area contributed by atoms with E-state index < -0.39 is 36.1 Å². The number of alkyl halides is 1. The Kier molecular flexibility index (Phi) is 37.9. The van der Waals surface area contributed by atoms with Crippen molar-refractivity contribution in [3.63, 3.8) is 0 Å². The average Bonchev–Trinajstić information content (AvgIpc) is 3.03. The summed E-state index contributed by atoms with van der Waals surface area (Å²) in [4.78, 5) is 43.6. The van der Waals surface area contributed by atoms with Gasteiger partial charge in [0.15, 0.2) is 12.2 Å². The molecular formula is C35H65ClO12. The maximum Gasteiger partial charge on any atom is 0.303 e. The number of esters is 4. The van der Waals surface area contributed by atoms with E-state index in [4.69, 9.17) is 49.9 Å². The third-order valence-corrected chi connectivity index (χ3v) is 6.97. The number of unbranched alkanes of at least 4 members (excludes halogenated alkanes) is 14. The van der Waals surface area contributed by atoms with Crippen LogP contribution in [0.3, 0.4) is 0 Å². The molecule has 0 aromatic carbocycles. The molecule has 0 aromatic rings. The smallest absolute Gasteiger partial charge is 0.303 e. The Labute approximate surface area is 294 Å². The molecule has 0 heterocycles. The maximum atomic E-state index is 11.0. The van der Waals surface area contributed by atoms with Gasteiger partial charge in [-0.2, -0.15) is 0 Å². The number of hydrogen-bond acceptors (Lipinski definition) is 12. The SMILES string of the molecule is CC(=O)OCC(COCCCCCCCCCCO)OC(C)=O.CC(=O)OCC(COCCCCCCCCCCOCCl)OC(C)=O. The second kappa shape index (κ2) is 37.8. The van der Waals surface area contributed by atoms with Gasteiger partial charge >= 0.3 is 23.9 Å². The fourth-order valence-electron chi connectivity index (χ4n) is 4.45. The molecule has 0 rings (SSSR count). The lowest BCUT2D eigenvalue weighted by Crippen LogP contribution is -2.28. The summed E-state index contributed by atoms with van der Waals surface area (Å²) in [6.07, 6.45) is 17.1. The van der Waals surface area contributed by atoms with Crippen LogP contribution in [0.25, 0.3) is 0 Å². The lowest BCUT2D eigenvalue weighted by Gasteiger charge is -2.16. The first-order valence-electron chi connectivity index (χ1n) is 17.6. The number of aliphatic hydroxyl groups excluding tert-OH is 1. The van der Waals surface area contributed by atoms with E-state index >= 15 is 0 Å². The van der Waals surface area contributed by atoms with Crippen LogP contribution in [0.5, 0.6) is 0 Å². The minimum absolute atomic E-state index is 0.0305. The van der Waals surface area contributed by atoms with Gasteiger partial charge in [0.05, 0.1) is 13.2 Å². The number of halogens is 1. The van der Waals surface area contributed by atoms with E-state index in [2.05, 4.69) is 0 Å². The number of rotatable bonds is 32. The summed E-state index contributed by atoms with van der Waals surface area (Å²) in [5, 5.41) is 8.67. The highest BCUT2D eigenvalue weighted by molar-refractivity contribution is 6.17. The summed E-state index contributed by atoms with van der Waals surface area (Å²) in [5.74, 6) is -1.62. The second-order valence-corrected chi connectivity index (χ2v) is 11.8. The molecule has 0 aliphatic rings. The summed E-state index contributed by atoms with van der Waals surface area (Å²) in [6, 6.07) is 0.285. The number of carbonyl (C=O) groups is 4. The third-order valence-electron chi connectivity index (χ3n) is 6.82. The maximum absolute atomic E-state index is 11.0. The summed E-state index contributed by atoms with van der Waals surface area (Å²) >= 11 is 5.43. The molecule has 2 unspecified atom stereocenters. The predicted octanol–water partition coefficient (Wildman–Crippen LogP) is 6.44. The molecular weight excluding hydrogens is 648 g/mol. The molecule has 0 radical (unpaired) electrons. The van der Waals surface area contributed by atoms with Gasteiger partial charge in [-0.1, -0.05) is 88.7 Å².